The number of nitrogens with one attached hydrogen (secondary N) is 1. The van der Waals surface area contributed by atoms with E-state index in [4.69, 9.17) is 5.11 Å². The molecule has 1 aromatic rings. The fraction of sp³-hybridized carbons (Fsp3) is 0.273. The summed E-state index contributed by atoms with van der Waals surface area (Å²) in [6.45, 7) is 3.55. The average molecular weight is 235 g/mol. The van der Waals surface area contributed by atoms with Crippen molar-refractivity contribution in [3.63, 3.8) is 0 Å². The smallest absolute Gasteiger partial charge is 0.358 e. The van der Waals surface area contributed by atoms with E-state index in [0.717, 1.165) is 6.42 Å². The number of aromatic nitrogens is 2. The topological polar surface area (TPSA) is 92.2 Å². The van der Waals surface area contributed by atoms with Gasteiger partial charge in [0.2, 0.25) is 0 Å². The minimum absolute atomic E-state index is 0.0474. The number of rotatable bonds is 4. The first-order chi connectivity index (χ1) is 8.06. The van der Waals surface area contributed by atoms with Gasteiger partial charge in [-0.2, -0.15) is 0 Å². The minimum atomic E-state index is -1.23. The summed E-state index contributed by atoms with van der Waals surface area (Å²) in [5.74, 6) is -1.66. The first-order valence-electron chi connectivity index (χ1n) is 5.08. The molecule has 0 bridgehead atoms. The number of hydrogen-bond acceptors (Lipinski definition) is 4. The van der Waals surface area contributed by atoms with Crippen molar-refractivity contribution in [3.05, 3.63) is 29.7 Å². The Morgan fingerprint density at radius 1 is 1.41 bits per heavy atom. The zero-order valence-corrected chi connectivity index (χ0v) is 9.60. The Morgan fingerprint density at radius 2 is 2.06 bits per heavy atom. The Balaban J connectivity index is 2.92. The van der Waals surface area contributed by atoms with Gasteiger partial charge in [0.05, 0.1) is 0 Å². The summed E-state index contributed by atoms with van der Waals surface area (Å²) >= 11 is 0. The van der Waals surface area contributed by atoms with E-state index in [-0.39, 0.29) is 17.4 Å². The van der Waals surface area contributed by atoms with Crippen LogP contribution in [-0.4, -0.2) is 27.0 Å². The number of carbonyl (C=O) groups is 2. The highest BCUT2D eigenvalue weighted by atomic mass is 16.4. The highest BCUT2D eigenvalue weighted by molar-refractivity contribution is 6.05. The monoisotopic (exact) mass is 235 g/mol. The first kappa shape index (κ1) is 12.8. The number of amides is 1. The summed E-state index contributed by atoms with van der Waals surface area (Å²) < 4.78 is 0. The molecule has 0 fully saturated rings. The Kier molecular flexibility index (Phi) is 4.33. The molecule has 2 N–H and O–H groups in total. The zero-order chi connectivity index (χ0) is 12.8. The summed E-state index contributed by atoms with van der Waals surface area (Å²) in [5.41, 5.74) is 0.236. The molecule has 0 saturated carbocycles. The van der Waals surface area contributed by atoms with Crippen molar-refractivity contribution in [2.45, 2.75) is 20.3 Å². The molecule has 0 atom stereocenters. The molecule has 1 heterocycles. The van der Waals surface area contributed by atoms with Crippen molar-refractivity contribution in [1.29, 1.82) is 0 Å². The van der Waals surface area contributed by atoms with Gasteiger partial charge in [-0.25, -0.2) is 14.8 Å². The van der Waals surface area contributed by atoms with E-state index < -0.39 is 5.97 Å². The normalized spacial score (nSPS) is 11.1. The summed E-state index contributed by atoms with van der Waals surface area (Å²) in [6, 6.07) is 0. The Labute approximate surface area is 98.4 Å². The SMILES string of the molecule is CCC=C(C)C(=O)Nc1nccnc1C(=O)O. The quantitative estimate of drug-likeness (QED) is 0.771. The van der Waals surface area contributed by atoms with Crippen molar-refractivity contribution < 1.29 is 14.7 Å². The third kappa shape index (κ3) is 3.37. The number of carboxylic acid groups (broad SMARTS) is 1. The van der Waals surface area contributed by atoms with E-state index in [2.05, 4.69) is 15.3 Å². The second kappa shape index (κ2) is 5.74. The van der Waals surface area contributed by atoms with Crippen molar-refractivity contribution in [1.82, 2.24) is 9.97 Å². The predicted molar refractivity (Wildman–Crippen MR) is 61.7 cm³/mol. The lowest BCUT2D eigenvalue weighted by Gasteiger charge is -2.06. The van der Waals surface area contributed by atoms with Gasteiger partial charge in [-0.3, -0.25) is 4.79 Å². The van der Waals surface area contributed by atoms with Crippen LogP contribution in [0.25, 0.3) is 0 Å². The maximum absolute atomic E-state index is 11.6. The molecule has 0 unspecified atom stereocenters. The number of aromatic carboxylic acids is 1. The van der Waals surface area contributed by atoms with Crippen molar-refractivity contribution in [3.8, 4) is 0 Å². The summed E-state index contributed by atoms with van der Waals surface area (Å²) in [7, 11) is 0. The number of allylic oxidation sites excluding steroid dienone is 1. The number of nitrogens with zero attached hydrogens (tertiary/aromatic N) is 2. The van der Waals surface area contributed by atoms with Crippen molar-refractivity contribution >= 4 is 17.7 Å². The van der Waals surface area contributed by atoms with Gasteiger partial charge in [0.15, 0.2) is 11.5 Å². The molecule has 0 aliphatic heterocycles. The molecule has 6 nitrogen and oxygen atoms in total. The molecule has 0 aliphatic carbocycles. The summed E-state index contributed by atoms with van der Waals surface area (Å²) in [6.07, 6.45) is 5.05. The largest absolute Gasteiger partial charge is 0.476 e. The molecule has 1 amide bonds. The van der Waals surface area contributed by atoms with Crippen LogP contribution in [0.5, 0.6) is 0 Å². The Bertz CT molecular complexity index is 469. The van der Waals surface area contributed by atoms with Gasteiger partial charge in [-0.1, -0.05) is 13.0 Å². The molecule has 1 aromatic heterocycles. The Hall–Kier alpha value is -2.24. The number of carbonyl (C=O) groups excluding carboxylic acids is 1. The molecule has 17 heavy (non-hydrogen) atoms. The third-order valence-electron chi connectivity index (χ3n) is 2.00. The predicted octanol–water partition coefficient (Wildman–Crippen LogP) is 1.47. The fourth-order valence-electron chi connectivity index (χ4n) is 1.19. The molecule has 1 rings (SSSR count). The molecule has 0 saturated heterocycles. The van der Waals surface area contributed by atoms with Crippen LogP contribution in [0.3, 0.4) is 0 Å². The second-order valence-corrected chi connectivity index (χ2v) is 3.31. The fourth-order valence-corrected chi connectivity index (χ4v) is 1.19. The van der Waals surface area contributed by atoms with Crippen LogP contribution in [0.4, 0.5) is 5.82 Å². The molecular formula is C11H13N3O3. The molecule has 6 heteroatoms. The van der Waals surface area contributed by atoms with Gasteiger partial charge >= 0.3 is 5.97 Å². The van der Waals surface area contributed by atoms with Gasteiger partial charge in [0.25, 0.3) is 5.91 Å². The highest BCUT2D eigenvalue weighted by Gasteiger charge is 2.15. The van der Waals surface area contributed by atoms with Gasteiger partial charge in [-0.05, 0) is 13.3 Å². The Morgan fingerprint density at radius 3 is 2.65 bits per heavy atom. The number of carboxylic acids is 1. The van der Waals surface area contributed by atoms with Crippen LogP contribution < -0.4 is 5.32 Å². The molecule has 90 valence electrons. The third-order valence-corrected chi connectivity index (χ3v) is 2.00. The lowest BCUT2D eigenvalue weighted by atomic mass is 10.2. The van der Waals surface area contributed by atoms with E-state index in [0.29, 0.717) is 5.57 Å². The van der Waals surface area contributed by atoms with E-state index in [1.165, 1.54) is 12.4 Å². The molecule has 0 aliphatic rings. The van der Waals surface area contributed by atoms with Gasteiger partial charge in [0, 0.05) is 18.0 Å². The van der Waals surface area contributed by atoms with Crippen LogP contribution >= 0.6 is 0 Å². The van der Waals surface area contributed by atoms with E-state index >= 15 is 0 Å². The lowest BCUT2D eigenvalue weighted by molar-refractivity contribution is -0.112. The van der Waals surface area contributed by atoms with Crippen LogP contribution in [-0.2, 0) is 4.79 Å². The van der Waals surface area contributed by atoms with Gasteiger partial charge in [-0.15, -0.1) is 0 Å². The van der Waals surface area contributed by atoms with Crippen molar-refractivity contribution in [2.75, 3.05) is 5.32 Å². The van der Waals surface area contributed by atoms with Crippen LogP contribution in [0, 0.1) is 0 Å². The molecule has 0 aromatic carbocycles. The first-order valence-corrected chi connectivity index (χ1v) is 5.08. The van der Waals surface area contributed by atoms with E-state index in [1.54, 1.807) is 13.0 Å². The van der Waals surface area contributed by atoms with Crippen LogP contribution in [0.1, 0.15) is 30.8 Å². The zero-order valence-electron chi connectivity index (χ0n) is 9.60. The molecule has 0 spiro atoms. The molecular weight excluding hydrogens is 222 g/mol. The lowest BCUT2D eigenvalue weighted by Crippen LogP contribution is -2.17. The summed E-state index contributed by atoms with van der Waals surface area (Å²) in [5, 5.41) is 11.3. The van der Waals surface area contributed by atoms with E-state index in [1.807, 2.05) is 6.92 Å². The van der Waals surface area contributed by atoms with Crippen LogP contribution in [0.2, 0.25) is 0 Å². The van der Waals surface area contributed by atoms with Crippen LogP contribution in [0.15, 0.2) is 24.0 Å². The second-order valence-electron chi connectivity index (χ2n) is 3.31. The minimum Gasteiger partial charge on any atom is -0.476 e. The average Bonchev–Trinajstić information content (AvgIpc) is 2.29. The maximum atomic E-state index is 11.6. The number of hydrogen-bond donors (Lipinski definition) is 2. The molecule has 0 radical (unpaired) electrons. The summed E-state index contributed by atoms with van der Waals surface area (Å²) in [4.78, 5) is 29.9. The van der Waals surface area contributed by atoms with Gasteiger partial charge in [0.1, 0.15) is 0 Å². The standard InChI is InChI=1S/C11H13N3O3/c1-3-4-7(2)10(15)14-9-8(11(16)17)12-5-6-13-9/h4-6H,3H2,1-2H3,(H,16,17)(H,13,14,15). The highest BCUT2D eigenvalue weighted by Crippen LogP contribution is 2.09. The van der Waals surface area contributed by atoms with Gasteiger partial charge < -0.3 is 10.4 Å². The number of anilines is 1. The van der Waals surface area contributed by atoms with E-state index in [9.17, 15) is 9.59 Å². The van der Waals surface area contributed by atoms with Crippen molar-refractivity contribution in [2.24, 2.45) is 0 Å². The maximum Gasteiger partial charge on any atom is 0.358 e.